The Balaban J connectivity index is 0.00000107. The molecule has 3 rings (SSSR count). The molecule has 0 radical (unpaired) electrons. The molecule has 2 fully saturated rings. The fourth-order valence-corrected chi connectivity index (χ4v) is 4.14. The van der Waals surface area contributed by atoms with Gasteiger partial charge in [-0.3, -0.25) is 19.4 Å². The summed E-state index contributed by atoms with van der Waals surface area (Å²) in [5.41, 5.74) is 1.01. The van der Waals surface area contributed by atoms with Crippen LogP contribution in [0, 0.1) is 5.92 Å². The van der Waals surface area contributed by atoms with Gasteiger partial charge in [-0.1, -0.05) is 6.07 Å². The first-order chi connectivity index (χ1) is 14.9. The number of aliphatic hydroxyl groups excluding tert-OH is 1. The molecular formula is C22H34N4O5. The molecule has 3 N–H and O–H groups in total. The average molecular weight is 435 g/mol. The Morgan fingerprint density at radius 1 is 1.26 bits per heavy atom. The number of aliphatic hydroxyl groups is 1. The molecule has 0 unspecified atom stereocenters. The number of aryl methyl sites for hydroxylation is 1. The predicted molar refractivity (Wildman–Crippen MR) is 115 cm³/mol. The largest absolute Gasteiger partial charge is 0.483 e. The monoisotopic (exact) mass is 434 g/mol. The molecule has 0 aromatic carbocycles. The lowest BCUT2D eigenvalue weighted by Crippen LogP contribution is -2.50. The van der Waals surface area contributed by atoms with Crippen molar-refractivity contribution in [1.29, 1.82) is 0 Å². The maximum Gasteiger partial charge on any atom is 0.290 e. The lowest BCUT2D eigenvalue weighted by molar-refractivity contribution is -0.138. The van der Waals surface area contributed by atoms with Gasteiger partial charge >= 0.3 is 0 Å². The molecule has 1 aliphatic carbocycles. The lowest BCUT2D eigenvalue weighted by Gasteiger charge is -2.35. The summed E-state index contributed by atoms with van der Waals surface area (Å²) in [4.78, 5) is 42.0. The first-order valence-corrected chi connectivity index (χ1v) is 10.9. The quantitative estimate of drug-likeness (QED) is 0.578. The number of likely N-dealkylation sites (N-methyl/N-ethyl adjacent to an activating group) is 1. The van der Waals surface area contributed by atoms with E-state index in [1.54, 1.807) is 12.4 Å². The van der Waals surface area contributed by atoms with Crippen LogP contribution >= 0.6 is 0 Å². The molecule has 172 valence electrons. The summed E-state index contributed by atoms with van der Waals surface area (Å²) in [7, 11) is 2.09. The number of rotatable bonds is 5. The number of nitrogens with zero attached hydrogens (tertiary/aromatic N) is 3. The van der Waals surface area contributed by atoms with E-state index in [2.05, 4.69) is 22.2 Å². The third kappa shape index (κ3) is 8.26. The van der Waals surface area contributed by atoms with Crippen LogP contribution in [0.2, 0.25) is 0 Å². The van der Waals surface area contributed by atoms with E-state index in [1.807, 2.05) is 17.0 Å². The Kier molecular flexibility index (Phi) is 10.4. The number of carbonyl (C=O) groups excluding carboxylic acids is 2. The SMILES string of the molecule is CN1CCCN(C(=O)[C@H]2CC[C@@H](O)[C@H](NC(=O)CCc3cccnc3)C2)CC1.O=CO. The van der Waals surface area contributed by atoms with Gasteiger partial charge in [-0.25, -0.2) is 0 Å². The smallest absolute Gasteiger partial charge is 0.290 e. The van der Waals surface area contributed by atoms with E-state index in [0.29, 0.717) is 32.1 Å². The zero-order chi connectivity index (χ0) is 22.6. The van der Waals surface area contributed by atoms with Crippen LogP contribution in [0.5, 0.6) is 0 Å². The van der Waals surface area contributed by atoms with E-state index in [0.717, 1.165) is 38.2 Å². The molecule has 1 saturated heterocycles. The Hall–Kier alpha value is -2.52. The van der Waals surface area contributed by atoms with Gasteiger partial charge < -0.3 is 25.3 Å². The number of nitrogens with one attached hydrogen (secondary N) is 1. The second kappa shape index (κ2) is 13.0. The van der Waals surface area contributed by atoms with Crippen LogP contribution in [0.25, 0.3) is 0 Å². The van der Waals surface area contributed by atoms with Gasteiger partial charge in [-0.05, 0) is 57.3 Å². The van der Waals surface area contributed by atoms with E-state index in [4.69, 9.17) is 9.90 Å². The molecule has 31 heavy (non-hydrogen) atoms. The number of amides is 2. The highest BCUT2D eigenvalue weighted by Crippen LogP contribution is 2.27. The summed E-state index contributed by atoms with van der Waals surface area (Å²) < 4.78 is 0. The second-order valence-corrected chi connectivity index (χ2v) is 8.20. The average Bonchev–Trinajstić information content (AvgIpc) is 2.99. The molecule has 2 amide bonds. The Bertz CT molecular complexity index is 702. The van der Waals surface area contributed by atoms with Crippen molar-refractivity contribution in [3.05, 3.63) is 30.1 Å². The summed E-state index contributed by atoms with van der Waals surface area (Å²) in [6.45, 7) is 3.22. The zero-order valence-corrected chi connectivity index (χ0v) is 18.2. The number of pyridine rings is 1. The van der Waals surface area contributed by atoms with Gasteiger partial charge in [-0.15, -0.1) is 0 Å². The highest BCUT2D eigenvalue weighted by molar-refractivity contribution is 5.80. The second-order valence-electron chi connectivity index (χ2n) is 8.20. The van der Waals surface area contributed by atoms with Crippen molar-refractivity contribution in [2.75, 3.05) is 33.2 Å². The van der Waals surface area contributed by atoms with Crippen LogP contribution in [0.1, 0.15) is 37.7 Å². The van der Waals surface area contributed by atoms with Gasteiger partial charge in [0.1, 0.15) is 0 Å². The van der Waals surface area contributed by atoms with Crippen LogP contribution in [-0.4, -0.2) is 88.7 Å². The van der Waals surface area contributed by atoms with Crippen molar-refractivity contribution >= 4 is 18.3 Å². The number of aromatic nitrogens is 1. The molecule has 1 aliphatic heterocycles. The van der Waals surface area contributed by atoms with Crippen LogP contribution < -0.4 is 5.32 Å². The third-order valence-electron chi connectivity index (χ3n) is 5.90. The fourth-order valence-electron chi connectivity index (χ4n) is 4.14. The Labute approximate surface area is 183 Å². The van der Waals surface area contributed by atoms with Crippen LogP contribution in [0.15, 0.2) is 24.5 Å². The fraction of sp³-hybridized carbons (Fsp3) is 0.636. The highest BCUT2D eigenvalue weighted by Gasteiger charge is 2.35. The summed E-state index contributed by atoms with van der Waals surface area (Å²) in [5, 5.41) is 20.2. The minimum absolute atomic E-state index is 0.0857. The third-order valence-corrected chi connectivity index (χ3v) is 5.90. The van der Waals surface area contributed by atoms with Crippen molar-refractivity contribution < 1.29 is 24.6 Å². The summed E-state index contributed by atoms with van der Waals surface area (Å²) >= 11 is 0. The molecule has 3 atom stereocenters. The van der Waals surface area contributed by atoms with E-state index in [-0.39, 0.29) is 30.2 Å². The van der Waals surface area contributed by atoms with Gasteiger partial charge in [0.05, 0.1) is 12.1 Å². The summed E-state index contributed by atoms with van der Waals surface area (Å²) in [5.74, 6) is -0.0235. The minimum atomic E-state index is -0.582. The Morgan fingerprint density at radius 2 is 2.03 bits per heavy atom. The molecule has 2 aliphatic rings. The van der Waals surface area contributed by atoms with Crippen LogP contribution in [0.4, 0.5) is 0 Å². The lowest BCUT2D eigenvalue weighted by atomic mass is 9.82. The van der Waals surface area contributed by atoms with Gasteiger partial charge in [0.25, 0.3) is 6.47 Å². The minimum Gasteiger partial charge on any atom is -0.483 e. The molecule has 1 aromatic rings. The summed E-state index contributed by atoms with van der Waals surface area (Å²) in [6.07, 6.45) is 6.61. The maximum atomic E-state index is 13.0. The van der Waals surface area contributed by atoms with E-state index < -0.39 is 6.10 Å². The number of carboxylic acid groups (broad SMARTS) is 1. The maximum absolute atomic E-state index is 13.0. The zero-order valence-electron chi connectivity index (χ0n) is 18.2. The predicted octanol–water partition coefficient (Wildman–Crippen LogP) is 0.525. The number of carbonyl (C=O) groups is 3. The first kappa shape index (κ1) is 24.7. The number of hydrogen-bond donors (Lipinski definition) is 3. The van der Waals surface area contributed by atoms with Crippen molar-refractivity contribution in [2.24, 2.45) is 5.92 Å². The van der Waals surface area contributed by atoms with E-state index >= 15 is 0 Å². The van der Waals surface area contributed by atoms with Crippen molar-refractivity contribution in [2.45, 2.75) is 50.7 Å². The molecular weight excluding hydrogens is 400 g/mol. The molecule has 0 spiro atoms. The van der Waals surface area contributed by atoms with Crippen molar-refractivity contribution in [3.8, 4) is 0 Å². The highest BCUT2D eigenvalue weighted by atomic mass is 16.3. The van der Waals surface area contributed by atoms with Crippen molar-refractivity contribution in [1.82, 2.24) is 20.1 Å². The van der Waals surface area contributed by atoms with Gasteiger partial charge in [0.15, 0.2) is 0 Å². The molecule has 0 bridgehead atoms. The van der Waals surface area contributed by atoms with Gasteiger partial charge in [-0.2, -0.15) is 0 Å². The summed E-state index contributed by atoms with van der Waals surface area (Å²) in [6, 6.07) is 3.46. The van der Waals surface area contributed by atoms with E-state index in [9.17, 15) is 14.7 Å². The molecule has 1 saturated carbocycles. The van der Waals surface area contributed by atoms with Crippen molar-refractivity contribution in [3.63, 3.8) is 0 Å². The molecule has 9 heteroatoms. The standard InChI is InChI=1S/C21H32N4O3.CH2O2/c1-24-10-3-11-25(13-12-24)21(28)17-6-7-19(26)18(14-17)23-20(27)8-5-16-4-2-9-22-15-16;2-1-3/h2,4,9,15,17-19,26H,3,5-8,10-14H2,1H3,(H,23,27);1H,(H,2,3)/t17-,18+,19+;/m0./s1. The van der Waals surface area contributed by atoms with Gasteiger partial charge in [0.2, 0.25) is 11.8 Å². The first-order valence-electron chi connectivity index (χ1n) is 10.9. The molecule has 1 aromatic heterocycles. The topological polar surface area (TPSA) is 123 Å². The molecule has 2 heterocycles. The van der Waals surface area contributed by atoms with Crippen LogP contribution in [0.3, 0.4) is 0 Å². The normalized spacial score (nSPS) is 24.3. The Morgan fingerprint density at radius 3 is 2.74 bits per heavy atom. The van der Waals surface area contributed by atoms with Gasteiger partial charge in [0, 0.05) is 44.4 Å². The molecule has 9 nitrogen and oxygen atoms in total. The van der Waals surface area contributed by atoms with Crippen LogP contribution in [-0.2, 0) is 20.8 Å². The van der Waals surface area contributed by atoms with E-state index in [1.165, 1.54) is 0 Å². The number of hydrogen-bond acceptors (Lipinski definition) is 6.